The monoisotopic (exact) mass is 427 g/mol. The third-order valence-corrected chi connectivity index (χ3v) is 8.60. The first-order chi connectivity index (χ1) is 15.1. The Morgan fingerprint density at radius 3 is 2.10 bits per heavy atom. The Hall–Kier alpha value is -3.56. The van der Waals surface area contributed by atoms with Crippen LogP contribution in [-0.2, 0) is 11.6 Å². The molecule has 0 fully saturated rings. The van der Waals surface area contributed by atoms with Crippen LogP contribution in [0.3, 0.4) is 0 Å². The van der Waals surface area contributed by atoms with Crippen LogP contribution in [0, 0.1) is 5.82 Å². The molecule has 5 aromatic rings. The fourth-order valence-electron chi connectivity index (χ4n) is 3.95. The van der Waals surface area contributed by atoms with Gasteiger partial charge in [-0.25, -0.2) is 14.4 Å². The lowest BCUT2D eigenvalue weighted by Gasteiger charge is -2.20. The van der Waals surface area contributed by atoms with E-state index in [9.17, 15) is 8.96 Å². The van der Waals surface area contributed by atoms with Crippen molar-refractivity contribution < 1.29 is 8.96 Å². The second kappa shape index (κ2) is 7.60. The largest absolute Gasteiger partial charge is 0.325 e. The Kier molecular flexibility index (Phi) is 4.76. The molecule has 0 spiro atoms. The zero-order valence-electron chi connectivity index (χ0n) is 16.8. The summed E-state index contributed by atoms with van der Waals surface area (Å²) >= 11 is 0. The number of benzene rings is 3. The normalized spacial score (nSPS) is 13.2. The van der Waals surface area contributed by atoms with Crippen LogP contribution in [-0.4, -0.2) is 14.5 Å². The van der Waals surface area contributed by atoms with E-state index in [1.807, 2.05) is 78.3 Å². The summed E-state index contributed by atoms with van der Waals surface area (Å²) in [6, 6.07) is 27.0. The average Bonchev–Trinajstić information content (AvgIpc) is 3.17. The van der Waals surface area contributed by atoms with Gasteiger partial charge >= 0.3 is 0 Å². The van der Waals surface area contributed by atoms with Crippen molar-refractivity contribution in [3.05, 3.63) is 103 Å². The van der Waals surface area contributed by atoms with Gasteiger partial charge in [-0.3, -0.25) is 0 Å². The van der Waals surface area contributed by atoms with Crippen LogP contribution < -0.4 is 16.0 Å². The molecule has 0 aliphatic rings. The van der Waals surface area contributed by atoms with E-state index in [0.717, 1.165) is 16.6 Å². The molecule has 152 valence electrons. The van der Waals surface area contributed by atoms with Gasteiger partial charge in [0, 0.05) is 28.6 Å². The molecule has 6 heteroatoms. The molecule has 0 amide bonds. The molecule has 2 aromatic heterocycles. The van der Waals surface area contributed by atoms with Crippen molar-refractivity contribution in [3.63, 3.8) is 0 Å². The molecule has 0 bridgehead atoms. The minimum absolute atomic E-state index is 0.363. The van der Waals surface area contributed by atoms with Crippen molar-refractivity contribution in [2.24, 2.45) is 7.05 Å². The van der Waals surface area contributed by atoms with Crippen molar-refractivity contribution in [1.82, 2.24) is 14.5 Å². The first-order valence-corrected chi connectivity index (χ1v) is 11.6. The Labute approximate surface area is 179 Å². The van der Waals surface area contributed by atoms with Crippen LogP contribution in [0.4, 0.5) is 4.39 Å². The van der Waals surface area contributed by atoms with Crippen molar-refractivity contribution in [1.29, 1.82) is 0 Å². The first-order valence-electron chi connectivity index (χ1n) is 9.87. The summed E-state index contributed by atoms with van der Waals surface area (Å²) in [4.78, 5) is 8.98. The van der Waals surface area contributed by atoms with Gasteiger partial charge in [0.1, 0.15) is 17.8 Å². The maximum atomic E-state index is 14.8. The summed E-state index contributed by atoms with van der Waals surface area (Å²) in [5, 5.41) is 2.08. The lowest BCUT2D eigenvalue weighted by atomic mass is 10.1. The Morgan fingerprint density at radius 1 is 0.806 bits per heavy atom. The van der Waals surface area contributed by atoms with Crippen LogP contribution in [0.2, 0.25) is 0 Å². The highest BCUT2D eigenvalue weighted by Crippen LogP contribution is 2.44. The third-order valence-electron chi connectivity index (χ3n) is 5.48. The Balaban J connectivity index is 1.82. The molecule has 0 N–H and O–H groups in total. The zero-order valence-corrected chi connectivity index (χ0v) is 17.7. The maximum absolute atomic E-state index is 14.8. The highest BCUT2D eigenvalue weighted by molar-refractivity contribution is 7.85. The van der Waals surface area contributed by atoms with Gasteiger partial charge in [-0.05, 0) is 30.3 Å². The molecule has 5 rings (SSSR count). The molecule has 0 aliphatic heterocycles. The maximum Gasteiger partial charge on any atom is 0.186 e. The summed E-state index contributed by atoms with van der Waals surface area (Å²) in [5.74, 6) is -0.363. The predicted octanol–water partition coefficient (Wildman–Crippen LogP) is 4.41. The molecule has 3 aromatic carbocycles. The number of aromatic nitrogens is 3. The van der Waals surface area contributed by atoms with Crippen LogP contribution in [0.5, 0.6) is 0 Å². The zero-order chi connectivity index (χ0) is 21.4. The van der Waals surface area contributed by atoms with E-state index >= 15 is 0 Å². The van der Waals surface area contributed by atoms with E-state index < -0.39 is 7.14 Å². The topological polar surface area (TPSA) is 47.8 Å². The van der Waals surface area contributed by atoms with Gasteiger partial charge < -0.3 is 9.13 Å². The molecule has 0 aliphatic carbocycles. The molecule has 4 nitrogen and oxygen atoms in total. The van der Waals surface area contributed by atoms with E-state index in [2.05, 4.69) is 9.97 Å². The van der Waals surface area contributed by atoms with Crippen molar-refractivity contribution >= 4 is 34.2 Å². The molecule has 31 heavy (non-hydrogen) atoms. The van der Waals surface area contributed by atoms with Crippen molar-refractivity contribution in [2.75, 3.05) is 0 Å². The van der Waals surface area contributed by atoms with Crippen LogP contribution in [0.15, 0.2) is 97.3 Å². The fourth-order valence-corrected chi connectivity index (χ4v) is 6.77. The molecule has 0 saturated heterocycles. The summed E-state index contributed by atoms with van der Waals surface area (Å²) < 4.78 is 30.3. The fraction of sp³-hybridized carbons (Fsp3) is 0.0400. The highest BCUT2D eigenvalue weighted by atomic mass is 31.2. The number of hydrogen-bond acceptors (Lipinski definition) is 3. The smallest absolute Gasteiger partial charge is 0.186 e. The number of halogens is 1. The van der Waals surface area contributed by atoms with E-state index in [4.69, 9.17) is 0 Å². The van der Waals surface area contributed by atoms with Crippen molar-refractivity contribution in [3.8, 4) is 11.3 Å². The van der Waals surface area contributed by atoms with Gasteiger partial charge in [-0.2, -0.15) is 0 Å². The van der Waals surface area contributed by atoms with Gasteiger partial charge in [0.25, 0.3) is 0 Å². The third kappa shape index (κ3) is 3.18. The number of hydrogen-bond donors (Lipinski definition) is 0. The first kappa shape index (κ1) is 19.4. The molecule has 1 unspecified atom stereocenters. The summed E-state index contributed by atoms with van der Waals surface area (Å²) in [6.07, 6.45) is 1.53. The van der Waals surface area contributed by atoms with Gasteiger partial charge in [-0.15, -0.1) is 0 Å². The van der Waals surface area contributed by atoms with Crippen LogP contribution in [0.1, 0.15) is 0 Å². The molecule has 0 radical (unpaired) electrons. The number of nitrogens with zero attached hydrogens (tertiary/aromatic N) is 3. The van der Waals surface area contributed by atoms with E-state index in [1.165, 1.54) is 18.5 Å². The molecule has 2 heterocycles. The number of aryl methyl sites for hydroxylation is 1. The summed E-state index contributed by atoms with van der Waals surface area (Å²) in [6.45, 7) is 0. The van der Waals surface area contributed by atoms with Gasteiger partial charge in [0.05, 0.1) is 11.1 Å². The Morgan fingerprint density at radius 2 is 1.42 bits per heavy atom. The lowest BCUT2D eigenvalue weighted by molar-refractivity contribution is 0.591. The van der Waals surface area contributed by atoms with Crippen molar-refractivity contribution in [2.45, 2.75) is 0 Å². The molecule has 1 atom stereocenters. The SMILES string of the molecule is Cn1c(P(=O)(c2ccccc2)c2ccc(F)cc2)cc2c(-c3ccccc3)ncnc21. The van der Waals surface area contributed by atoms with E-state index in [0.29, 0.717) is 21.7 Å². The van der Waals surface area contributed by atoms with E-state index in [-0.39, 0.29) is 5.82 Å². The summed E-state index contributed by atoms with van der Waals surface area (Å²) in [7, 11) is -1.43. The number of rotatable bonds is 4. The highest BCUT2D eigenvalue weighted by Gasteiger charge is 2.33. The number of fused-ring (bicyclic) bond motifs is 1. The van der Waals surface area contributed by atoms with Gasteiger partial charge in [0.15, 0.2) is 7.14 Å². The second-order valence-electron chi connectivity index (χ2n) is 7.31. The van der Waals surface area contributed by atoms with Gasteiger partial charge in [-0.1, -0.05) is 60.7 Å². The molecule has 0 saturated carbocycles. The Bertz CT molecular complexity index is 1410. The minimum Gasteiger partial charge on any atom is -0.325 e. The lowest BCUT2D eigenvalue weighted by Crippen LogP contribution is -2.29. The molecular weight excluding hydrogens is 408 g/mol. The predicted molar refractivity (Wildman–Crippen MR) is 123 cm³/mol. The van der Waals surface area contributed by atoms with E-state index in [1.54, 1.807) is 12.1 Å². The average molecular weight is 427 g/mol. The summed E-state index contributed by atoms with van der Waals surface area (Å²) in [5.41, 5.74) is 3.06. The quantitative estimate of drug-likeness (QED) is 0.399. The van der Waals surface area contributed by atoms with Gasteiger partial charge in [0.2, 0.25) is 0 Å². The second-order valence-corrected chi connectivity index (χ2v) is 10.0. The standard InChI is InChI=1S/C25H19FN3OP/c1-29-23(16-22-24(27-17-28-25(22)29)18-8-4-2-5-9-18)31(30,20-10-6-3-7-11-20)21-14-12-19(26)13-15-21/h2-17H,1H3. The van der Waals surface area contributed by atoms with Crippen LogP contribution >= 0.6 is 7.14 Å². The molecular formula is C25H19FN3OP. The van der Waals surface area contributed by atoms with Crippen LogP contribution in [0.25, 0.3) is 22.3 Å². The minimum atomic E-state index is -3.29.